The Balaban J connectivity index is 2.49. The second kappa shape index (κ2) is 6.89. The summed E-state index contributed by atoms with van der Waals surface area (Å²) in [7, 11) is 0. The Bertz CT molecular complexity index is 765. The molecule has 4 nitrogen and oxygen atoms in total. The highest BCUT2D eigenvalue weighted by atomic mass is 79.9. The van der Waals surface area contributed by atoms with Gasteiger partial charge in [0.2, 0.25) is 6.41 Å². The van der Waals surface area contributed by atoms with Gasteiger partial charge < -0.3 is 11.1 Å². The summed E-state index contributed by atoms with van der Waals surface area (Å²) in [5, 5.41) is 2.83. The number of nitrogens with zero attached hydrogens (tertiary/aromatic N) is 1. The van der Waals surface area contributed by atoms with Crippen LogP contribution in [0.4, 0.5) is 15.8 Å². The maximum absolute atomic E-state index is 13.4. The fourth-order valence-electron chi connectivity index (χ4n) is 1.92. The summed E-state index contributed by atoms with van der Waals surface area (Å²) in [6.07, 6.45) is 3.90. The summed E-state index contributed by atoms with van der Waals surface area (Å²) in [6.45, 7) is 1.84. The maximum Gasteiger partial charge on any atom is 0.211 e. The molecule has 0 aliphatic carbocycles. The molecule has 0 unspecified atom stereocenters. The average Bonchev–Trinajstić information content (AvgIpc) is 2.46. The van der Waals surface area contributed by atoms with Crippen molar-refractivity contribution in [2.75, 3.05) is 11.1 Å². The van der Waals surface area contributed by atoms with E-state index in [9.17, 15) is 9.18 Å². The zero-order valence-corrected chi connectivity index (χ0v) is 13.9. The molecule has 0 spiro atoms. The number of halogens is 3. The number of nitrogen functional groups attached to an aromatic ring is 1. The van der Waals surface area contributed by atoms with Crippen molar-refractivity contribution in [3.05, 3.63) is 51.0 Å². The lowest BCUT2D eigenvalue weighted by molar-refractivity contribution is -0.105. The molecule has 0 bridgehead atoms. The molecule has 0 atom stereocenters. The number of rotatable bonds is 4. The first kappa shape index (κ1) is 16.5. The first-order valence-corrected chi connectivity index (χ1v) is 7.38. The molecule has 1 aromatic carbocycles. The van der Waals surface area contributed by atoms with E-state index in [2.05, 4.69) is 26.2 Å². The van der Waals surface area contributed by atoms with Gasteiger partial charge in [0, 0.05) is 16.2 Å². The Morgan fingerprint density at radius 1 is 1.45 bits per heavy atom. The van der Waals surface area contributed by atoms with Gasteiger partial charge in [0.15, 0.2) is 0 Å². The van der Waals surface area contributed by atoms with Gasteiger partial charge in [-0.25, -0.2) is 9.37 Å². The lowest BCUT2D eigenvalue weighted by Crippen LogP contribution is -1.98. The number of hydrogen-bond acceptors (Lipinski definition) is 3. The summed E-state index contributed by atoms with van der Waals surface area (Å²) < 4.78 is 14.0. The normalized spacial score (nSPS) is 11.4. The van der Waals surface area contributed by atoms with Gasteiger partial charge in [0.25, 0.3) is 0 Å². The summed E-state index contributed by atoms with van der Waals surface area (Å²) in [5.41, 5.74) is 8.42. The molecule has 1 amide bonds. The lowest BCUT2D eigenvalue weighted by atomic mass is 10.0. The van der Waals surface area contributed by atoms with Crippen molar-refractivity contribution in [1.82, 2.24) is 4.98 Å². The largest absolute Gasteiger partial charge is 0.396 e. The highest BCUT2D eigenvalue weighted by Gasteiger charge is 2.09. The molecule has 0 aliphatic heterocycles. The third kappa shape index (κ3) is 3.64. The summed E-state index contributed by atoms with van der Waals surface area (Å²) in [4.78, 5) is 14.7. The van der Waals surface area contributed by atoms with Crippen molar-refractivity contribution in [2.45, 2.75) is 6.92 Å². The molecule has 3 N–H and O–H groups in total. The molecule has 0 fully saturated rings. The second-order valence-corrected chi connectivity index (χ2v) is 5.78. The number of nitrogens with one attached hydrogen (secondary N) is 1. The monoisotopic (exact) mass is 383 g/mol. The second-order valence-electron chi connectivity index (χ2n) is 4.54. The molecule has 0 saturated heterocycles. The van der Waals surface area contributed by atoms with Crippen molar-refractivity contribution in [3.63, 3.8) is 0 Å². The predicted octanol–water partition coefficient (Wildman–Crippen LogP) is 4.35. The van der Waals surface area contributed by atoms with Crippen molar-refractivity contribution >= 4 is 57.0 Å². The highest BCUT2D eigenvalue weighted by Crippen LogP contribution is 2.31. The van der Waals surface area contributed by atoms with Crippen molar-refractivity contribution in [3.8, 4) is 0 Å². The molecule has 22 heavy (non-hydrogen) atoms. The first-order valence-electron chi connectivity index (χ1n) is 6.21. The van der Waals surface area contributed by atoms with Crippen LogP contribution in [0.5, 0.6) is 0 Å². The van der Waals surface area contributed by atoms with Gasteiger partial charge in [-0.05, 0) is 42.3 Å². The summed E-state index contributed by atoms with van der Waals surface area (Å²) >= 11 is 9.13. The van der Waals surface area contributed by atoms with Crippen LogP contribution in [-0.2, 0) is 4.79 Å². The highest BCUT2D eigenvalue weighted by molar-refractivity contribution is 9.10. The third-order valence-corrected chi connectivity index (χ3v) is 3.86. The van der Waals surface area contributed by atoms with Gasteiger partial charge in [-0.2, -0.15) is 0 Å². The number of pyridine rings is 1. The Kier molecular flexibility index (Phi) is 5.15. The molecule has 7 heteroatoms. The number of hydrogen-bond donors (Lipinski definition) is 2. The van der Waals surface area contributed by atoms with E-state index >= 15 is 0 Å². The Labute approximate surface area is 140 Å². The van der Waals surface area contributed by atoms with Gasteiger partial charge >= 0.3 is 0 Å². The average molecular weight is 385 g/mol. The minimum Gasteiger partial charge on any atom is -0.396 e. The smallest absolute Gasteiger partial charge is 0.211 e. The number of anilines is 2. The zero-order chi connectivity index (χ0) is 16.3. The fraction of sp³-hybridized carbons (Fsp3) is 0.0667. The number of carbonyl (C=O) groups excluding carboxylic acids is 1. The van der Waals surface area contributed by atoms with Gasteiger partial charge in [-0.1, -0.05) is 27.5 Å². The van der Waals surface area contributed by atoms with Gasteiger partial charge in [-0.3, -0.25) is 4.79 Å². The van der Waals surface area contributed by atoms with Gasteiger partial charge in [0.1, 0.15) is 11.0 Å². The lowest BCUT2D eigenvalue weighted by Gasteiger charge is -2.09. The van der Waals surface area contributed by atoms with E-state index in [-0.39, 0.29) is 10.8 Å². The molecule has 2 rings (SSSR count). The van der Waals surface area contributed by atoms with Crippen LogP contribution in [0.15, 0.2) is 28.9 Å². The topological polar surface area (TPSA) is 68.0 Å². The van der Waals surface area contributed by atoms with Crippen LogP contribution in [0.25, 0.3) is 11.6 Å². The predicted molar refractivity (Wildman–Crippen MR) is 91.0 cm³/mol. The van der Waals surface area contributed by atoms with E-state index in [4.69, 9.17) is 17.3 Å². The maximum atomic E-state index is 13.4. The van der Waals surface area contributed by atoms with Crippen LogP contribution >= 0.6 is 27.5 Å². The minimum atomic E-state index is -0.486. The number of benzene rings is 1. The molecule has 1 aromatic heterocycles. The molecule has 1 heterocycles. The Morgan fingerprint density at radius 3 is 2.86 bits per heavy atom. The van der Waals surface area contributed by atoms with E-state index in [1.54, 1.807) is 24.4 Å². The van der Waals surface area contributed by atoms with E-state index in [0.29, 0.717) is 22.1 Å². The summed E-state index contributed by atoms with van der Waals surface area (Å²) in [5.74, 6) is -0.486. The number of amides is 1. The number of nitrogens with two attached hydrogens (primary N) is 1. The van der Waals surface area contributed by atoms with Gasteiger partial charge in [0.05, 0.1) is 11.4 Å². The third-order valence-electron chi connectivity index (χ3n) is 3.00. The van der Waals surface area contributed by atoms with Crippen molar-refractivity contribution < 1.29 is 9.18 Å². The van der Waals surface area contributed by atoms with Crippen molar-refractivity contribution in [1.29, 1.82) is 0 Å². The molecule has 114 valence electrons. The van der Waals surface area contributed by atoms with Crippen LogP contribution in [0.1, 0.15) is 18.1 Å². The van der Waals surface area contributed by atoms with Crippen LogP contribution in [0, 0.1) is 5.82 Å². The van der Waals surface area contributed by atoms with E-state index in [1.807, 2.05) is 6.92 Å². The number of allylic oxidation sites excluding steroid dienone is 1. The standard InChI is InChI=1S/C15H12BrClFN3O/c1-8(10-3-13(19)12(18)4-11(10)16)2-9-6-20-15(17)5-14(9)21-7-22/h2-7H,19H2,1H3,(H,20,21,22)/b8-2+. The molecule has 0 aliphatic rings. The molecule has 0 radical (unpaired) electrons. The molecular formula is C15H12BrClFN3O. The van der Waals surface area contributed by atoms with E-state index < -0.39 is 5.82 Å². The SMILES string of the molecule is C/C(=C\c1cnc(Cl)cc1NC=O)c1cc(N)c(F)cc1Br. The Morgan fingerprint density at radius 2 is 2.18 bits per heavy atom. The minimum absolute atomic E-state index is 0.0615. The van der Waals surface area contributed by atoms with Crippen LogP contribution < -0.4 is 11.1 Å². The number of carbonyl (C=O) groups is 1. The molecular weight excluding hydrogens is 373 g/mol. The van der Waals surface area contributed by atoms with Crippen LogP contribution in [0.3, 0.4) is 0 Å². The van der Waals surface area contributed by atoms with Gasteiger partial charge in [-0.15, -0.1) is 0 Å². The van der Waals surface area contributed by atoms with Crippen LogP contribution in [0.2, 0.25) is 5.15 Å². The Hall–Kier alpha value is -1.92. The first-order chi connectivity index (χ1) is 10.4. The fourth-order valence-corrected chi connectivity index (χ4v) is 2.71. The van der Waals surface area contributed by atoms with Crippen molar-refractivity contribution in [2.24, 2.45) is 0 Å². The van der Waals surface area contributed by atoms with Crippen LogP contribution in [-0.4, -0.2) is 11.4 Å². The molecule has 2 aromatic rings. The van der Waals surface area contributed by atoms with E-state index in [0.717, 1.165) is 11.1 Å². The van der Waals surface area contributed by atoms with E-state index in [1.165, 1.54) is 6.07 Å². The number of aromatic nitrogens is 1. The summed E-state index contributed by atoms with van der Waals surface area (Å²) in [6, 6.07) is 4.40. The quantitative estimate of drug-likeness (QED) is 0.468. The molecule has 0 saturated carbocycles. The zero-order valence-electron chi connectivity index (χ0n) is 11.5.